The van der Waals surface area contributed by atoms with E-state index in [1.807, 2.05) is 24.3 Å². The number of hydrogen-bond acceptors (Lipinski definition) is 4. The fourth-order valence-electron chi connectivity index (χ4n) is 2.64. The van der Waals surface area contributed by atoms with Crippen molar-refractivity contribution in [1.82, 2.24) is 5.32 Å². The summed E-state index contributed by atoms with van der Waals surface area (Å²) in [6, 6.07) is 7.80. The van der Waals surface area contributed by atoms with Crippen LogP contribution in [0.3, 0.4) is 0 Å². The summed E-state index contributed by atoms with van der Waals surface area (Å²) < 4.78 is 0. The van der Waals surface area contributed by atoms with E-state index in [1.165, 1.54) is 12.0 Å². The van der Waals surface area contributed by atoms with Gasteiger partial charge in [-0.1, -0.05) is 35.8 Å². The molecule has 0 radical (unpaired) electrons. The molecule has 0 heterocycles. The van der Waals surface area contributed by atoms with E-state index >= 15 is 0 Å². The number of halogens is 1. The molecule has 0 saturated heterocycles. The average Bonchev–Trinajstić information content (AvgIpc) is 2.59. The third kappa shape index (κ3) is 6.63. The van der Waals surface area contributed by atoms with Crippen LogP contribution in [-0.2, 0) is 4.84 Å². The van der Waals surface area contributed by atoms with E-state index in [0.717, 1.165) is 48.5 Å². The van der Waals surface area contributed by atoms with Crippen molar-refractivity contribution in [2.45, 2.75) is 45.1 Å². The Morgan fingerprint density at radius 1 is 1.29 bits per heavy atom. The quantitative estimate of drug-likeness (QED) is 0.549. The molecule has 0 amide bonds. The van der Waals surface area contributed by atoms with Crippen LogP contribution in [0.1, 0.15) is 44.6 Å². The van der Waals surface area contributed by atoms with E-state index in [0.29, 0.717) is 6.54 Å². The van der Waals surface area contributed by atoms with Gasteiger partial charge in [-0.2, -0.15) is 0 Å². The number of rotatable bonds is 8. The van der Waals surface area contributed by atoms with Crippen LogP contribution < -0.4 is 5.32 Å². The Morgan fingerprint density at radius 3 is 2.79 bits per heavy atom. The second kappa shape index (κ2) is 10.5. The molecule has 0 bridgehead atoms. The lowest BCUT2D eigenvalue weighted by atomic mass is 9.91. The van der Waals surface area contributed by atoms with Crippen LogP contribution in [0.2, 0.25) is 5.02 Å². The van der Waals surface area contributed by atoms with E-state index in [4.69, 9.17) is 16.4 Å². The van der Waals surface area contributed by atoms with E-state index in [-0.39, 0.29) is 6.61 Å². The molecule has 1 aliphatic rings. The predicted octanol–water partition coefficient (Wildman–Crippen LogP) is 4.03. The first-order valence-corrected chi connectivity index (χ1v) is 9.11. The van der Waals surface area contributed by atoms with Crippen LogP contribution in [0.15, 0.2) is 35.0 Å². The van der Waals surface area contributed by atoms with Gasteiger partial charge in [0.25, 0.3) is 0 Å². The van der Waals surface area contributed by atoms with Gasteiger partial charge in [0.05, 0.1) is 5.71 Å². The van der Waals surface area contributed by atoms with Crippen molar-refractivity contribution in [3.8, 4) is 0 Å². The number of hydrogen-bond donors (Lipinski definition) is 2. The summed E-state index contributed by atoms with van der Waals surface area (Å²) in [6.07, 6.45) is 6.89. The maximum absolute atomic E-state index is 9.85. The smallest absolute Gasteiger partial charge is 0.144 e. The van der Waals surface area contributed by atoms with Gasteiger partial charge in [-0.3, -0.25) is 0 Å². The van der Waals surface area contributed by atoms with Crippen LogP contribution >= 0.6 is 11.6 Å². The molecule has 4 nitrogen and oxygen atoms in total. The Morgan fingerprint density at radius 2 is 2.04 bits per heavy atom. The molecule has 0 spiro atoms. The molecule has 1 atom stereocenters. The van der Waals surface area contributed by atoms with Crippen LogP contribution in [0.4, 0.5) is 0 Å². The minimum atomic E-state index is -0.534. The fourth-order valence-corrected chi connectivity index (χ4v) is 2.76. The molecular weight excluding hydrogens is 324 g/mol. The Labute approximate surface area is 149 Å². The first-order chi connectivity index (χ1) is 11.7. The number of nitrogens with one attached hydrogen (secondary N) is 1. The number of aliphatic hydroxyl groups is 1. The Bertz CT molecular complexity index is 555. The lowest BCUT2D eigenvalue weighted by Gasteiger charge is -2.17. The van der Waals surface area contributed by atoms with Gasteiger partial charge in [-0.15, -0.1) is 0 Å². The van der Waals surface area contributed by atoms with Gasteiger partial charge in [0.1, 0.15) is 12.7 Å². The van der Waals surface area contributed by atoms with Crippen LogP contribution in [0.25, 0.3) is 6.08 Å². The SMILES string of the molecule is CCCNCC(O)CO/N=C1\CCCC\C1=C/c1ccc(Cl)cc1. The predicted molar refractivity (Wildman–Crippen MR) is 100 cm³/mol. The number of oxime groups is 1. The van der Waals surface area contributed by atoms with Crippen molar-refractivity contribution >= 4 is 23.4 Å². The van der Waals surface area contributed by atoms with Crippen LogP contribution in [-0.4, -0.2) is 36.6 Å². The second-order valence-electron chi connectivity index (χ2n) is 6.12. The highest BCUT2D eigenvalue weighted by atomic mass is 35.5. The van der Waals surface area contributed by atoms with Gasteiger partial charge >= 0.3 is 0 Å². The number of allylic oxidation sites excluding steroid dienone is 1. The van der Waals surface area contributed by atoms with E-state index in [1.54, 1.807) is 0 Å². The first kappa shape index (κ1) is 19.0. The Balaban J connectivity index is 1.92. The van der Waals surface area contributed by atoms with Crippen molar-refractivity contribution in [1.29, 1.82) is 0 Å². The molecule has 1 aromatic rings. The van der Waals surface area contributed by atoms with Crippen molar-refractivity contribution in [2.75, 3.05) is 19.7 Å². The molecule has 0 aliphatic heterocycles. The highest BCUT2D eigenvalue weighted by Gasteiger charge is 2.14. The minimum Gasteiger partial charge on any atom is -0.393 e. The van der Waals surface area contributed by atoms with Gasteiger partial charge in [0, 0.05) is 11.6 Å². The zero-order chi connectivity index (χ0) is 17.2. The maximum Gasteiger partial charge on any atom is 0.144 e. The number of nitrogens with zero attached hydrogens (tertiary/aromatic N) is 1. The molecule has 24 heavy (non-hydrogen) atoms. The first-order valence-electron chi connectivity index (χ1n) is 8.73. The molecular formula is C19H27ClN2O2. The zero-order valence-electron chi connectivity index (χ0n) is 14.3. The molecule has 1 aliphatic carbocycles. The molecule has 2 rings (SSSR count). The van der Waals surface area contributed by atoms with Crippen molar-refractivity contribution in [3.05, 3.63) is 40.4 Å². The minimum absolute atomic E-state index is 0.217. The normalized spacial score (nSPS) is 19.6. The molecule has 5 heteroatoms. The van der Waals surface area contributed by atoms with Crippen LogP contribution in [0, 0.1) is 0 Å². The summed E-state index contributed by atoms with van der Waals surface area (Å²) in [7, 11) is 0. The van der Waals surface area contributed by atoms with Crippen LogP contribution in [0.5, 0.6) is 0 Å². The summed E-state index contributed by atoms with van der Waals surface area (Å²) in [4.78, 5) is 5.39. The zero-order valence-corrected chi connectivity index (χ0v) is 15.1. The lowest BCUT2D eigenvalue weighted by Crippen LogP contribution is -2.30. The summed E-state index contributed by atoms with van der Waals surface area (Å²) in [6.45, 7) is 3.75. The molecule has 1 aromatic carbocycles. The highest BCUT2D eigenvalue weighted by molar-refractivity contribution is 6.30. The van der Waals surface area contributed by atoms with Gasteiger partial charge < -0.3 is 15.3 Å². The van der Waals surface area contributed by atoms with E-state index in [9.17, 15) is 5.11 Å². The monoisotopic (exact) mass is 350 g/mol. The molecule has 1 fully saturated rings. The number of aliphatic hydroxyl groups excluding tert-OH is 1. The summed E-state index contributed by atoms with van der Waals surface area (Å²) >= 11 is 5.93. The highest BCUT2D eigenvalue weighted by Crippen LogP contribution is 2.24. The molecule has 1 unspecified atom stereocenters. The van der Waals surface area contributed by atoms with Gasteiger partial charge in [-0.05, 0) is 68.0 Å². The summed E-state index contributed by atoms with van der Waals surface area (Å²) in [5, 5.41) is 18.0. The Kier molecular flexibility index (Phi) is 8.29. The van der Waals surface area contributed by atoms with Gasteiger partial charge in [0.2, 0.25) is 0 Å². The molecule has 132 valence electrons. The summed E-state index contributed by atoms with van der Waals surface area (Å²) in [5.74, 6) is 0. The van der Waals surface area contributed by atoms with E-state index in [2.05, 4.69) is 23.5 Å². The molecule has 0 aromatic heterocycles. The molecule has 1 saturated carbocycles. The van der Waals surface area contributed by atoms with Gasteiger partial charge in [0.15, 0.2) is 0 Å². The van der Waals surface area contributed by atoms with Crippen molar-refractivity contribution < 1.29 is 9.94 Å². The van der Waals surface area contributed by atoms with Crippen molar-refractivity contribution in [3.63, 3.8) is 0 Å². The average molecular weight is 351 g/mol. The topological polar surface area (TPSA) is 53.8 Å². The lowest BCUT2D eigenvalue weighted by molar-refractivity contribution is 0.0401. The van der Waals surface area contributed by atoms with E-state index < -0.39 is 6.10 Å². The third-order valence-corrected chi connectivity index (χ3v) is 4.19. The third-order valence-electron chi connectivity index (χ3n) is 3.94. The maximum atomic E-state index is 9.85. The second-order valence-corrected chi connectivity index (χ2v) is 6.56. The standard InChI is InChI=1S/C19H27ClN2O2/c1-2-11-21-13-18(23)14-24-22-19-6-4-3-5-16(19)12-15-7-9-17(20)10-8-15/h7-10,12,18,21,23H,2-6,11,13-14H2,1H3/b16-12+,22-19+. The largest absolute Gasteiger partial charge is 0.393 e. The van der Waals surface area contributed by atoms with Crippen molar-refractivity contribution in [2.24, 2.45) is 5.16 Å². The fraction of sp³-hybridized carbons (Fsp3) is 0.526. The Hall–Kier alpha value is -1.36. The molecule has 2 N–H and O–H groups in total. The van der Waals surface area contributed by atoms with Gasteiger partial charge in [-0.25, -0.2) is 0 Å². The number of benzene rings is 1. The summed E-state index contributed by atoms with van der Waals surface area (Å²) in [5.41, 5.74) is 3.32.